The number of likely N-dealkylation sites (tertiary alicyclic amines) is 1. The van der Waals surface area contributed by atoms with Crippen molar-refractivity contribution in [1.82, 2.24) is 4.90 Å². The lowest BCUT2D eigenvalue weighted by molar-refractivity contribution is 0.151. The van der Waals surface area contributed by atoms with E-state index in [1.54, 1.807) is 0 Å². The van der Waals surface area contributed by atoms with E-state index in [0.717, 1.165) is 19.3 Å². The number of hydrogen-bond acceptors (Lipinski definition) is 3. The SMILES string of the molecule is CN1C(N)CCCC1C#N. The first-order valence-electron chi connectivity index (χ1n) is 3.63. The summed E-state index contributed by atoms with van der Waals surface area (Å²) in [5.74, 6) is 0. The zero-order valence-electron chi connectivity index (χ0n) is 6.25. The molecule has 2 N–H and O–H groups in total. The van der Waals surface area contributed by atoms with Gasteiger partial charge in [-0.25, -0.2) is 0 Å². The number of rotatable bonds is 0. The molecule has 0 aliphatic carbocycles. The van der Waals surface area contributed by atoms with Gasteiger partial charge >= 0.3 is 0 Å². The Morgan fingerprint density at radius 3 is 2.80 bits per heavy atom. The van der Waals surface area contributed by atoms with Crippen LogP contribution in [0, 0.1) is 11.3 Å². The third-order valence-corrected chi connectivity index (χ3v) is 2.14. The number of hydrogen-bond donors (Lipinski definition) is 1. The molecule has 1 aliphatic heterocycles. The lowest BCUT2D eigenvalue weighted by Crippen LogP contribution is -2.48. The molecule has 3 heteroatoms. The first-order valence-corrected chi connectivity index (χ1v) is 3.63. The zero-order chi connectivity index (χ0) is 7.56. The Bertz CT molecular complexity index is 149. The van der Waals surface area contributed by atoms with Crippen molar-refractivity contribution >= 4 is 0 Å². The molecule has 0 radical (unpaired) electrons. The van der Waals surface area contributed by atoms with Crippen LogP contribution >= 0.6 is 0 Å². The van der Waals surface area contributed by atoms with E-state index in [9.17, 15) is 0 Å². The van der Waals surface area contributed by atoms with Crippen LogP contribution in [0.15, 0.2) is 0 Å². The van der Waals surface area contributed by atoms with E-state index >= 15 is 0 Å². The molecular formula is C7H13N3. The molecule has 3 nitrogen and oxygen atoms in total. The summed E-state index contributed by atoms with van der Waals surface area (Å²) in [6.45, 7) is 0. The van der Waals surface area contributed by atoms with Gasteiger partial charge < -0.3 is 5.73 Å². The van der Waals surface area contributed by atoms with Crippen molar-refractivity contribution in [2.45, 2.75) is 31.5 Å². The van der Waals surface area contributed by atoms with Crippen molar-refractivity contribution in [3.8, 4) is 6.07 Å². The van der Waals surface area contributed by atoms with Gasteiger partial charge in [-0.05, 0) is 26.3 Å². The quantitative estimate of drug-likeness (QED) is 0.524. The van der Waals surface area contributed by atoms with Crippen LogP contribution in [0.2, 0.25) is 0 Å². The molecular weight excluding hydrogens is 126 g/mol. The Morgan fingerprint density at radius 1 is 1.60 bits per heavy atom. The van der Waals surface area contributed by atoms with E-state index in [2.05, 4.69) is 6.07 Å². The normalized spacial score (nSPS) is 35.3. The Labute approximate surface area is 61.4 Å². The minimum atomic E-state index is 0.0451. The summed E-state index contributed by atoms with van der Waals surface area (Å²) in [4.78, 5) is 1.95. The molecule has 56 valence electrons. The number of nitrogens with two attached hydrogens (primary N) is 1. The molecule has 0 saturated carbocycles. The number of nitriles is 1. The van der Waals surface area contributed by atoms with Gasteiger partial charge in [0.2, 0.25) is 0 Å². The summed E-state index contributed by atoms with van der Waals surface area (Å²) in [5, 5.41) is 8.63. The van der Waals surface area contributed by atoms with Crippen LogP contribution in [0.25, 0.3) is 0 Å². The van der Waals surface area contributed by atoms with Gasteiger partial charge in [0.15, 0.2) is 0 Å². The highest BCUT2D eigenvalue weighted by atomic mass is 15.2. The second kappa shape index (κ2) is 3.00. The monoisotopic (exact) mass is 139 g/mol. The van der Waals surface area contributed by atoms with E-state index in [1.807, 2.05) is 11.9 Å². The molecule has 0 amide bonds. The summed E-state index contributed by atoms with van der Waals surface area (Å²) in [6.07, 6.45) is 3.18. The molecule has 1 saturated heterocycles. The van der Waals surface area contributed by atoms with Crippen LogP contribution in [0.3, 0.4) is 0 Å². The lowest BCUT2D eigenvalue weighted by atomic mass is 10.0. The van der Waals surface area contributed by atoms with Gasteiger partial charge in [-0.1, -0.05) is 0 Å². The van der Waals surface area contributed by atoms with Crippen molar-refractivity contribution in [2.24, 2.45) is 5.73 Å². The maximum Gasteiger partial charge on any atom is 0.0987 e. The van der Waals surface area contributed by atoms with Crippen LogP contribution in [-0.4, -0.2) is 24.2 Å². The van der Waals surface area contributed by atoms with E-state index in [0.29, 0.717) is 0 Å². The molecule has 0 bridgehead atoms. The predicted octanol–water partition coefficient (Wildman–Crippen LogP) is 0.279. The van der Waals surface area contributed by atoms with Crippen molar-refractivity contribution < 1.29 is 0 Å². The van der Waals surface area contributed by atoms with E-state index in [-0.39, 0.29) is 12.2 Å². The van der Waals surface area contributed by atoms with Gasteiger partial charge in [-0.15, -0.1) is 0 Å². The fourth-order valence-electron chi connectivity index (χ4n) is 1.31. The van der Waals surface area contributed by atoms with Crippen LogP contribution in [0.1, 0.15) is 19.3 Å². The topological polar surface area (TPSA) is 53.0 Å². The Hall–Kier alpha value is -0.590. The molecule has 0 spiro atoms. The van der Waals surface area contributed by atoms with Crippen LogP contribution in [0.4, 0.5) is 0 Å². The maximum absolute atomic E-state index is 8.63. The third kappa shape index (κ3) is 1.28. The lowest BCUT2D eigenvalue weighted by Gasteiger charge is -2.33. The smallest absolute Gasteiger partial charge is 0.0987 e. The summed E-state index contributed by atoms with van der Waals surface area (Å²) < 4.78 is 0. The van der Waals surface area contributed by atoms with Crippen LogP contribution in [-0.2, 0) is 0 Å². The molecule has 1 heterocycles. The Kier molecular flexibility index (Phi) is 2.25. The standard InChI is InChI=1S/C7H13N3/c1-10-6(5-8)3-2-4-7(10)9/h6-7H,2-4,9H2,1H3. The van der Waals surface area contributed by atoms with E-state index in [1.165, 1.54) is 0 Å². The third-order valence-electron chi connectivity index (χ3n) is 2.14. The zero-order valence-corrected chi connectivity index (χ0v) is 6.25. The minimum Gasteiger partial charge on any atom is -0.316 e. The van der Waals surface area contributed by atoms with Gasteiger partial charge in [-0.3, -0.25) is 4.90 Å². The molecule has 0 aromatic rings. The van der Waals surface area contributed by atoms with Gasteiger partial charge in [-0.2, -0.15) is 5.26 Å². The second-order valence-electron chi connectivity index (χ2n) is 2.81. The number of nitrogens with zero attached hydrogens (tertiary/aromatic N) is 2. The van der Waals surface area contributed by atoms with Crippen molar-refractivity contribution in [2.75, 3.05) is 7.05 Å². The summed E-state index contributed by atoms with van der Waals surface area (Å²) in [7, 11) is 1.91. The average Bonchev–Trinajstić information content (AvgIpc) is 1.95. The Morgan fingerprint density at radius 2 is 2.30 bits per heavy atom. The minimum absolute atomic E-state index is 0.0451. The molecule has 1 aliphatic rings. The largest absolute Gasteiger partial charge is 0.316 e. The molecule has 2 atom stereocenters. The van der Waals surface area contributed by atoms with Crippen molar-refractivity contribution in [3.63, 3.8) is 0 Å². The second-order valence-corrected chi connectivity index (χ2v) is 2.81. The highest BCUT2D eigenvalue weighted by Gasteiger charge is 2.23. The fourth-order valence-corrected chi connectivity index (χ4v) is 1.31. The Balaban J connectivity index is 2.53. The van der Waals surface area contributed by atoms with Gasteiger partial charge in [0.1, 0.15) is 0 Å². The van der Waals surface area contributed by atoms with E-state index < -0.39 is 0 Å². The summed E-state index contributed by atoms with van der Waals surface area (Å²) in [6, 6.07) is 2.28. The van der Waals surface area contributed by atoms with Gasteiger partial charge in [0, 0.05) is 0 Å². The van der Waals surface area contributed by atoms with Crippen molar-refractivity contribution in [1.29, 1.82) is 5.26 Å². The predicted molar refractivity (Wildman–Crippen MR) is 39.0 cm³/mol. The first kappa shape index (κ1) is 7.52. The summed E-state index contributed by atoms with van der Waals surface area (Å²) >= 11 is 0. The van der Waals surface area contributed by atoms with Crippen molar-refractivity contribution in [3.05, 3.63) is 0 Å². The molecule has 1 fully saturated rings. The van der Waals surface area contributed by atoms with Gasteiger partial charge in [0.25, 0.3) is 0 Å². The number of piperidine rings is 1. The molecule has 1 rings (SSSR count). The molecule has 0 aromatic carbocycles. The molecule has 10 heavy (non-hydrogen) atoms. The van der Waals surface area contributed by atoms with Crippen LogP contribution < -0.4 is 5.73 Å². The average molecular weight is 139 g/mol. The van der Waals surface area contributed by atoms with E-state index in [4.69, 9.17) is 11.0 Å². The first-order chi connectivity index (χ1) is 4.75. The maximum atomic E-state index is 8.63. The molecule has 2 unspecified atom stereocenters. The molecule has 0 aromatic heterocycles. The summed E-state index contributed by atoms with van der Waals surface area (Å²) in [5.41, 5.74) is 5.72. The highest BCUT2D eigenvalue weighted by Crippen LogP contribution is 2.16. The highest BCUT2D eigenvalue weighted by molar-refractivity contribution is 4.94. The van der Waals surface area contributed by atoms with Gasteiger partial charge in [0.05, 0.1) is 18.3 Å². The fraction of sp³-hybridized carbons (Fsp3) is 0.857. The van der Waals surface area contributed by atoms with Crippen LogP contribution in [0.5, 0.6) is 0 Å².